The molecule has 0 amide bonds. The molecule has 0 aliphatic rings. The van der Waals surface area contributed by atoms with E-state index < -0.39 is 24.8 Å². The number of aryl methyl sites for hydroxylation is 1. The minimum Gasteiger partial charge on any atom is -0.369 e. The van der Waals surface area contributed by atoms with Crippen LogP contribution in [-0.4, -0.2) is 26.0 Å². The SMILES string of the molecule is C=Cc1cc(CC(F)F)nn1C.C[C@@H](OCc1ccccc1)c1cc(F)ccc1-n1ccc(C(F)F)n1. The summed E-state index contributed by atoms with van der Waals surface area (Å²) in [5, 5.41) is 7.75. The molecule has 2 heterocycles. The molecule has 37 heavy (non-hydrogen) atoms. The van der Waals surface area contributed by atoms with E-state index in [1.54, 1.807) is 26.1 Å². The summed E-state index contributed by atoms with van der Waals surface area (Å²) >= 11 is 0. The normalized spacial score (nSPS) is 11.9. The first kappa shape index (κ1) is 27.8. The first-order valence-electron chi connectivity index (χ1n) is 11.4. The molecule has 0 aliphatic heterocycles. The van der Waals surface area contributed by atoms with Gasteiger partial charge in [0.25, 0.3) is 6.43 Å². The lowest BCUT2D eigenvalue weighted by Crippen LogP contribution is -2.08. The Morgan fingerprint density at radius 3 is 2.32 bits per heavy atom. The Labute approximate surface area is 211 Å². The van der Waals surface area contributed by atoms with E-state index in [0.717, 1.165) is 11.3 Å². The van der Waals surface area contributed by atoms with Crippen molar-refractivity contribution >= 4 is 6.08 Å². The van der Waals surface area contributed by atoms with Gasteiger partial charge in [0.1, 0.15) is 11.5 Å². The number of rotatable bonds is 9. The van der Waals surface area contributed by atoms with E-state index >= 15 is 0 Å². The molecule has 5 nitrogen and oxygen atoms in total. The molecule has 4 aromatic rings. The molecule has 0 spiro atoms. The maximum absolute atomic E-state index is 13.7. The van der Waals surface area contributed by atoms with E-state index in [-0.39, 0.29) is 12.1 Å². The van der Waals surface area contributed by atoms with Crippen LogP contribution in [-0.2, 0) is 24.8 Å². The second kappa shape index (κ2) is 13.0. The van der Waals surface area contributed by atoms with Gasteiger partial charge in [0.15, 0.2) is 0 Å². The van der Waals surface area contributed by atoms with Gasteiger partial charge in [-0.25, -0.2) is 26.6 Å². The number of hydrogen-bond acceptors (Lipinski definition) is 3. The molecular formula is C27H27F5N4O. The highest BCUT2D eigenvalue weighted by atomic mass is 19.3. The van der Waals surface area contributed by atoms with Gasteiger partial charge in [0, 0.05) is 18.8 Å². The molecule has 196 valence electrons. The van der Waals surface area contributed by atoms with E-state index in [9.17, 15) is 22.0 Å². The number of nitrogens with zero attached hydrogens (tertiary/aromatic N) is 4. The summed E-state index contributed by atoms with van der Waals surface area (Å²) in [4.78, 5) is 0. The summed E-state index contributed by atoms with van der Waals surface area (Å²) in [6, 6.07) is 16.6. The largest absolute Gasteiger partial charge is 0.369 e. The van der Waals surface area contributed by atoms with Crippen LogP contribution in [0.3, 0.4) is 0 Å². The Balaban J connectivity index is 0.000000266. The highest BCUT2D eigenvalue weighted by Gasteiger charge is 2.17. The van der Waals surface area contributed by atoms with Crippen molar-refractivity contribution in [3.63, 3.8) is 0 Å². The van der Waals surface area contributed by atoms with Gasteiger partial charge in [-0.15, -0.1) is 0 Å². The minimum absolute atomic E-state index is 0.290. The van der Waals surface area contributed by atoms with Crippen LogP contribution in [0.1, 0.15) is 47.7 Å². The molecule has 4 rings (SSSR count). The Hall–Kier alpha value is -3.79. The fourth-order valence-electron chi connectivity index (χ4n) is 3.53. The standard InChI is InChI=1S/C19H17F3N2O.C8H10F2N2/c1-13(25-12-14-5-3-2-4-6-14)16-11-15(20)7-8-18(16)24-10-9-17(23-24)19(21)22;1-3-7-4-6(5-8(9)10)11-12(7)2/h2-11,13,19H,12H2,1H3;3-4,8H,1,5H2,2H3/t13-;/m1./s1. The van der Waals surface area contributed by atoms with Crippen molar-refractivity contribution in [3.8, 4) is 5.69 Å². The van der Waals surface area contributed by atoms with E-state index in [0.29, 0.717) is 23.6 Å². The van der Waals surface area contributed by atoms with Crippen LogP contribution in [0, 0.1) is 5.82 Å². The number of hydrogen-bond donors (Lipinski definition) is 0. The van der Waals surface area contributed by atoms with Crippen LogP contribution in [0.5, 0.6) is 0 Å². The molecule has 0 unspecified atom stereocenters. The molecule has 0 bridgehead atoms. The number of ether oxygens (including phenoxy) is 1. The summed E-state index contributed by atoms with van der Waals surface area (Å²) in [6.45, 7) is 5.69. The van der Waals surface area contributed by atoms with Gasteiger partial charge in [-0.05, 0) is 48.9 Å². The van der Waals surface area contributed by atoms with E-state index in [1.165, 1.54) is 39.8 Å². The third kappa shape index (κ3) is 7.85. The number of halogens is 5. The second-order valence-electron chi connectivity index (χ2n) is 8.11. The number of alkyl halides is 4. The zero-order chi connectivity index (χ0) is 26.9. The third-order valence-corrected chi connectivity index (χ3v) is 5.39. The molecule has 0 aliphatic carbocycles. The fraction of sp³-hybridized carbons (Fsp3) is 0.259. The summed E-state index contributed by atoms with van der Waals surface area (Å²) in [7, 11) is 1.70. The molecule has 0 saturated carbocycles. The second-order valence-corrected chi connectivity index (χ2v) is 8.11. The molecular weight excluding hydrogens is 491 g/mol. The van der Waals surface area contributed by atoms with Crippen LogP contribution >= 0.6 is 0 Å². The summed E-state index contributed by atoms with van der Waals surface area (Å²) in [6.07, 6.45) is -2.70. The van der Waals surface area contributed by atoms with E-state index in [2.05, 4.69) is 16.8 Å². The zero-order valence-electron chi connectivity index (χ0n) is 20.4. The predicted molar refractivity (Wildman–Crippen MR) is 131 cm³/mol. The Bertz CT molecular complexity index is 1290. The van der Waals surface area contributed by atoms with Gasteiger partial charge < -0.3 is 4.74 Å². The average molecular weight is 519 g/mol. The molecule has 2 aromatic heterocycles. The summed E-state index contributed by atoms with van der Waals surface area (Å²) < 4.78 is 71.7. The molecule has 0 radical (unpaired) electrons. The van der Waals surface area contributed by atoms with Crippen molar-refractivity contribution in [2.45, 2.75) is 38.9 Å². The quantitative estimate of drug-likeness (QED) is 0.222. The lowest BCUT2D eigenvalue weighted by molar-refractivity contribution is 0.0522. The van der Waals surface area contributed by atoms with Gasteiger partial charge in [-0.2, -0.15) is 10.2 Å². The first-order chi connectivity index (χ1) is 17.7. The van der Waals surface area contributed by atoms with E-state index in [4.69, 9.17) is 4.74 Å². The van der Waals surface area contributed by atoms with Crippen molar-refractivity contribution in [3.05, 3.63) is 107 Å². The summed E-state index contributed by atoms with van der Waals surface area (Å²) in [5.41, 5.74) is 2.88. The van der Waals surface area contributed by atoms with Crippen LogP contribution in [0.4, 0.5) is 22.0 Å². The predicted octanol–water partition coefficient (Wildman–Crippen LogP) is 7.10. The van der Waals surface area contributed by atoms with Crippen LogP contribution < -0.4 is 0 Å². The smallest absolute Gasteiger partial charge is 0.282 e. The monoisotopic (exact) mass is 518 g/mol. The Kier molecular flexibility index (Phi) is 9.73. The van der Waals surface area contributed by atoms with Crippen molar-refractivity contribution in [2.24, 2.45) is 7.05 Å². The summed E-state index contributed by atoms with van der Waals surface area (Å²) in [5.74, 6) is -0.421. The van der Waals surface area contributed by atoms with Gasteiger partial charge in [-0.1, -0.05) is 36.9 Å². The number of aromatic nitrogens is 4. The topological polar surface area (TPSA) is 44.9 Å². The molecule has 0 fully saturated rings. The lowest BCUT2D eigenvalue weighted by atomic mass is 10.1. The number of benzene rings is 2. The lowest BCUT2D eigenvalue weighted by Gasteiger charge is -2.17. The molecule has 0 saturated heterocycles. The van der Waals surface area contributed by atoms with Crippen molar-refractivity contribution in [1.29, 1.82) is 0 Å². The third-order valence-electron chi connectivity index (χ3n) is 5.39. The minimum atomic E-state index is -2.66. The van der Waals surface area contributed by atoms with Crippen LogP contribution in [0.15, 0.2) is 73.4 Å². The van der Waals surface area contributed by atoms with Crippen LogP contribution in [0.25, 0.3) is 11.8 Å². The zero-order valence-corrected chi connectivity index (χ0v) is 20.4. The Morgan fingerprint density at radius 2 is 1.73 bits per heavy atom. The molecule has 10 heteroatoms. The maximum Gasteiger partial charge on any atom is 0.282 e. The Morgan fingerprint density at radius 1 is 1.00 bits per heavy atom. The molecule has 1 atom stereocenters. The fourth-order valence-corrected chi connectivity index (χ4v) is 3.53. The highest BCUT2D eigenvalue weighted by molar-refractivity contribution is 5.43. The van der Waals surface area contributed by atoms with Crippen molar-refractivity contribution in [1.82, 2.24) is 19.6 Å². The van der Waals surface area contributed by atoms with Crippen molar-refractivity contribution < 1.29 is 26.7 Å². The van der Waals surface area contributed by atoms with Gasteiger partial charge in [-0.3, -0.25) is 4.68 Å². The van der Waals surface area contributed by atoms with Crippen LogP contribution in [0.2, 0.25) is 0 Å². The average Bonchev–Trinajstić information content (AvgIpc) is 3.50. The van der Waals surface area contributed by atoms with E-state index in [1.807, 2.05) is 30.3 Å². The highest BCUT2D eigenvalue weighted by Crippen LogP contribution is 2.27. The van der Waals surface area contributed by atoms with Gasteiger partial charge >= 0.3 is 0 Å². The van der Waals surface area contributed by atoms with Gasteiger partial charge in [0.2, 0.25) is 6.43 Å². The molecule has 0 N–H and O–H groups in total. The van der Waals surface area contributed by atoms with Crippen molar-refractivity contribution in [2.75, 3.05) is 0 Å². The van der Waals surface area contributed by atoms with Gasteiger partial charge in [0.05, 0.1) is 36.2 Å². The maximum atomic E-state index is 13.7. The first-order valence-corrected chi connectivity index (χ1v) is 11.4. The molecule has 2 aromatic carbocycles.